The molecule has 0 saturated carbocycles. The van der Waals surface area contributed by atoms with Crippen molar-refractivity contribution >= 4 is 23.2 Å². The molecule has 1 unspecified atom stereocenters. The van der Waals surface area contributed by atoms with Gasteiger partial charge in [0.05, 0.1) is 7.11 Å². The monoisotopic (exact) mass is 277 g/mol. The molecular formula is C16H20ClNO. The van der Waals surface area contributed by atoms with Crippen molar-refractivity contribution in [3.8, 4) is 5.75 Å². The molecule has 2 aromatic carbocycles. The van der Waals surface area contributed by atoms with Crippen LogP contribution in [0.4, 0.5) is 0 Å². The topological polar surface area (TPSA) is 35.2 Å². The van der Waals surface area contributed by atoms with Gasteiger partial charge in [-0.15, -0.1) is 12.4 Å². The number of nitrogens with two attached hydrogens (primary N) is 1. The lowest BCUT2D eigenvalue weighted by molar-refractivity contribution is 0.379. The van der Waals surface area contributed by atoms with E-state index in [0.29, 0.717) is 0 Å². The van der Waals surface area contributed by atoms with Gasteiger partial charge in [0, 0.05) is 17.0 Å². The van der Waals surface area contributed by atoms with Crippen molar-refractivity contribution in [3.63, 3.8) is 0 Å². The second-order valence-electron chi connectivity index (χ2n) is 5.68. The lowest BCUT2D eigenvalue weighted by Gasteiger charge is -2.38. The van der Waals surface area contributed by atoms with E-state index in [0.717, 1.165) is 12.2 Å². The van der Waals surface area contributed by atoms with Gasteiger partial charge in [-0.25, -0.2) is 0 Å². The number of rotatable bonds is 1. The van der Waals surface area contributed by atoms with E-state index in [1.807, 2.05) is 6.07 Å². The average molecular weight is 278 g/mol. The van der Waals surface area contributed by atoms with E-state index in [-0.39, 0.29) is 23.9 Å². The summed E-state index contributed by atoms with van der Waals surface area (Å²) < 4.78 is 5.49. The molecule has 0 saturated heterocycles. The highest BCUT2D eigenvalue weighted by molar-refractivity contribution is 5.92. The number of halogens is 1. The smallest absolute Gasteiger partial charge is 0.122 e. The second-order valence-corrected chi connectivity index (χ2v) is 5.68. The van der Waals surface area contributed by atoms with Gasteiger partial charge in [0.15, 0.2) is 0 Å². The van der Waals surface area contributed by atoms with E-state index < -0.39 is 0 Å². The van der Waals surface area contributed by atoms with E-state index in [9.17, 15) is 0 Å². The second kappa shape index (κ2) is 4.69. The highest BCUT2D eigenvalue weighted by Gasteiger charge is 2.35. The van der Waals surface area contributed by atoms with Crippen LogP contribution in [0.5, 0.6) is 5.75 Å². The molecule has 2 N–H and O–H groups in total. The average Bonchev–Trinajstić information content (AvgIpc) is 2.36. The summed E-state index contributed by atoms with van der Waals surface area (Å²) >= 11 is 0. The van der Waals surface area contributed by atoms with Gasteiger partial charge in [-0.1, -0.05) is 38.1 Å². The van der Waals surface area contributed by atoms with E-state index in [1.54, 1.807) is 7.11 Å². The van der Waals surface area contributed by atoms with Crippen LogP contribution in [0.15, 0.2) is 30.3 Å². The highest BCUT2D eigenvalue weighted by Crippen LogP contribution is 2.43. The minimum Gasteiger partial charge on any atom is -0.496 e. The zero-order valence-electron chi connectivity index (χ0n) is 11.6. The number of benzene rings is 2. The largest absolute Gasteiger partial charge is 0.496 e. The maximum absolute atomic E-state index is 6.37. The fourth-order valence-electron chi connectivity index (χ4n) is 3.04. The first-order chi connectivity index (χ1) is 8.55. The van der Waals surface area contributed by atoms with Gasteiger partial charge in [-0.2, -0.15) is 0 Å². The molecule has 2 aromatic rings. The molecule has 19 heavy (non-hydrogen) atoms. The first kappa shape index (κ1) is 14.2. The van der Waals surface area contributed by atoms with Gasteiger partial charge in [0.25, 0.3) is 0 Å². The number of hydrogen-bond donors (Lipinski definition) is 1. The van der Waals surface area contributed by atoms with Crippen LogP contribution in [0.2, 0.25) is 0 Å². The Bertz CT molecular complexity index is 621. The molecule has 3 rings (SSSR count). The number of ether oxygens (including phenoxy) is 1. The molecule has 3 heteroatoms. The van der Waals surface area contributed by atoms with E-state index in [1.165, 1.54) is 21.9 Å². The fraction of sp³-hybridized carbons (Fsp3) is 0.375. The lowest BCUT2D eigenvalue weighted by atomic mass is 9.69. The highest BCUT2D eigenvalue weighted by atomic mass is 35.5. The Balaban J connectivity index is 0.00000133. The minimum absolute atomic E-state index is 0. The Morgan fingerprint density at radius 2 is 1.95 bits per heavy atom. The standard InChI is InChI=1S/C16H19NO.ClH/c1-16(2)12-6-4-5-10-7-8-13(18-3)11(15(10)12)9-14(16)17;/h4-8,14H,9,17H2,1-3H3;1H. The van der Waals surface area contributed by atoms with Gasteiger partial charge in [-0.3, -0.25) is 0 Å². The molecule has 0 amide bonds. The quantitative estimate of drug-likeness (QED) is 0.867. The van der Waals surface area contributed by atoms with E-state index in [2.05, 4.69) is 38.1 Å². The molecule has 0 bridgehead atoms. The van der Waals surface area contributed by atoms with Crippen LogP contribution < -0.4 is 10.5 Å². The van der Waals surface area contributed by atoms with Crippen LogP contribution in [-0.4, -0.2) is 13.2 Å². The summed E-state index contributed by atoms with van der Waals surface area (Å²) in [5.41, 5.74) is 8.99. The Morgan fingerprint density at radius 1 is 1.21 bits per heavy atom. The van der Waals surface area contributed by atoms with Crippen LogP contribution in [0.25, 0.3) is 10.8 Å². The van der Waals surface area contributed by atoms with Gasteiger partial charge < -0.3 is 10.5 Å². The molecule has 0 heterocycles. The third-order valence-electron chi connectivity index (χ3n) is 4.38. The molecule has 0 aromatic heterocycles. The van der Waals surface area contributed by atoms with Crippen molar-refractivity contribution in [3.05, 3.63) is 41.5 Å². The van der Waals surface area contributed by atoms with Crippen LogP contribution >= 0.6 is 12.4 Å². The Kier molecular flexibility index (Phi) is 3.50. The molecular weight excluding hydrogens is 258 g/mol. The molecule has 0 spiro atoms. The van der Waals surface area contributed by atoms with Crippen molar-refractivity contribution in [2.45, 2.75) is 31.7 Å². The fourth-order valence-corrected chi connectivity index (χ4v) is 3.04. The maximum atomic E-state index is 6.37. The molecule has 2 nitrogen and oxygen atoms in total. The van der Waals surface area contributed by atoms with Crippen molar-refractivity contribution in [2.75, 3.05) is 7.11 Å². The lowest BCUT2D eigenvalue weighted by Crippen LogP contribution is -2.45. The summed E-state index contributed by atoms with van der Waals surface area (Å²) in [5.74, 6) is 0.959. The minimum atomic E-state index is 0. The summed E-state index contributed by atoms with van der Waals surface area (Å²) in [6, 6.07) is 10.8. The molecule has 1 atom stereocenters. The molecule has 102 valence electrons. The van der Waals surface area contributed by atoms with Crippen molar-refractivity contribution in [1.82, 2.24) is 0 Å². The van der Waals surface area contributed by atoms with Gasteiger partial charge in [-0.05, 0) is 28.8 Å². The Morgan fingerprint density at radius 3 is 2.63 bits per heavy atom. The summed E-state index contributed by atoms with van der Waals surface area (Å²) in [6.07, 6.45) is 0.879. The predicted molar refractivity (Wildman–Crippen MR) is 82.5 cm³/mol. The molecule has 0 aliphatic heterocycles. The first-order valence-electron chi connectivity index (χ1n) is 6.40. The summed E-state index contributed by atoms with van der Waals surface area (Å²) in [7, 11) is 1.73. The maximum Gasteiger partial charge on any atom is 0.122 e. The third kappa shape index (κ3) is 1.90. The van der Waals surface area contributed by atoms with E-state index >= 15 is 0 Å². The molecule has 0 fully saturated rings. The first-order valence-corrected chi connectivity index (χ1v) is 6.40. The molecule has 0 radical (unpaired) electrons. The number of hydrogen-bond acceptors (Lipinski definition) is 2. The Labute approximate surface area is 120 Å². The van der Waals surface area contributed by atoms with Gasteiger partial charge in [0.2, 0.25) is 0 Å². The van der Waals surface area contributed by atoms with Crippen LogP contribution in [-0.2, 0) is 11.8 Å². The SMILES string of the molecule is COc1ccc2cccc3c2c1CC(N)C3(C)C.Cl. The zero-order chi connectivity index (χ0) is 12.9. The van der Waals surface area contributed by atoms with Crippen molar-refractivity contribution < 1.29 is 4.74 Å². The zero-order valence-corrected chi connectivity index (χ0v) is 12.4. The molecule has 1 aliphatic carbocycles. The van der Waals surface area contributed by atoms with Crippen LogP contribution in [0.1, 0.15) is 25.0 Å². The summed E-state index contributed by atoms with van der Waals surface area (Å²) in [6.45, 7) is 4.46. The molecule has 1 aliphatic rings. The normalized spacial score (nSPS) is 19.9. The third-order valence-corrected chi connectivity index (χ3v) is 4.38. The summed E-state index contributed by atoms with van der Waals surface area (Å²) in [5, 5.41) is 2.62. The Hall–Kier alpha value is -1.25. The van der Waals surface area contributed by atoms with Gasteiger partial charge in [0.1, 0.15) is 5.75 Å². The predicted octanol–water partition coefficient (Wildman–Crippen LogP) is 3.43. The number of methoxy groups -OCH3 is 1. The summed E-state index contributed by atoms with van der Waals surface area (Å²) in [4.78, 5) is 0. The van der Waals surface area contributed by atoms with E-state index in [4.69, 9.17) is 10.5 Å². The van der Waals surface area contributed by atoms with Gasteiger partial charge >= 0.3 is 0 Å². The van der Waals surface area contributed by atoms with Crippen molar-refractivity contribution in [1.29, 1.82) is 0 Å². The van der Waals surface area contributed by atoms with Crippen LogP contribution in [0.3, 0.4) is 0 Å². The van der Waals surface area contributed by atoms with Crippen molar-refractivity contribution in [2.24, 2.45) is 5.73 Å². The van der Waals surface area contributed by atoms with Crippen LogP contribution in [0, 0.1) is 0 Å².